The van der Waals surface area contributed by atoms with Gasteiger partial charge in [-0.05, 0) is 64.2 Å². The lowest BCUT2D eigenvalue weighted by Gasteiger charge is -2.46. The molecule has 0 bridgehead atoms. The molecular formula is C61H111NO13. The standard InChI is InChI=1S/C61H111NO13/c1-3-5-7-9-11-13-15-17-19-21-23-25-27-29-31-33-35-37-39-41-43-45-53(66)62-49(50(65)44-42-40-38-36-34-32-30-28-26-24-22-20-18-16-14-12-10-8-6-4-2)48-72-60-58(71)56(69)59(52(47-64)74-60)75-61-57(70)55(68)54(67)51(46-63)73-61/h15,17,21,23,34,36,42,44,49-52,54-61,63-65,67-71H,3-14,16,18-20,22,24-33,35,37-41,43,45-48H2,1-2H3,(H,62,66)/b17-15-,23-21-,36-34+,44-42+. The van der Waals surface area contributed by atoms with E-state index in [0.717, 1.165) is 44.9 Å². The van der Waals surface area contributed by atoms with Gasteiger partial charge in [0, 0.05) is 6.42 Å². The molecule has 2 heterocycles. The van der Waals surface area contributed by atoms with Gasteiger partial charge < -0.3 is 65.1 Å². The maximum Gasteiger partial charge on any atom is 0.220 e. The number of unbranched alkanes of at least 4 members (excludes halogenated alkanes) is 29. The predicted molar refractivity (Wildman–Crippen MR) is 300 cm³/mol. The van der Waals surface area contributed by atoms with Crippen molar-refractivity contribution in [3.8, 4) is 0 Å². The molecule has 0 saturated carbocycles. The minimum Gasteiger partial charge on any atom is -0.394 e. The second-order valence-corrected chi connectivity index (χ2v) is 21.5. The molecule has 2 saturated heterocycles. The molecular weight excluding hydrogens is 955 g/mol. The molecule has 75 heavy (non-hydrogen) atoms. The summed E-state index contributed by atoms with van der Waals surface area (Å²) >= 11 is 0. The largest absolute Gasteiger partial charge is 0.394 e. The summed E-state index contributed by atoms with van der Waals surface area (Å²) in [6.45, 7) is 2.78. The van der Waals surface area contributed by atoms with Crippen molar-refractivity contribution >= 4 is 5.91 Å². The van der Waals surface area contributed by atoms with Gasteiger partial charge in [-0.2, -0.15) is 0 Å². The number of nitrogens with one attached hydrogen (secondary N) is 1. The zero-order chi connectivity index (χ0) is 54.6. The monoisotopic (exact) mass is 1070 g/mol. The van der Waals surface area contributed by atoms with Crippen molar-refractivity contribution in [2.24, 2.45) is 0 Å². The Morgan fingerprint density at radius 3 is 1.39 bits per heavy atom. The Kier molecular flexibility index (Phi) is 43.1. The summed E-state index contributed by atoms with van der Waals surface area (Å²) < 4.78 is 22.8. The van der Waals surface area contributed by atoms with Crippen LogP contribution in [0.1, 0.15) is 239 Å². The van der Waals surface area contributed by atoms with Gasteiger partial charge in [0.25, 0.3) is 0 Å². The molecule has 0 aromatic carbocycles. The molecule has 2 aliphatic heterocycles. The molecule has 0 spiro atoms. The predicted octanol–water partition coefficient (Wildman–Crippen LogP) is 10.4. The van der Waals surface area contributed by atoms with Crippen LogP contribution < -0.4 is 5.32 Å². The van der Waals surface area contributed by atoms with Crippen molar-refractivity contribution in [3.63, 3.8) is 0 Å². The molecule has 14 heteroatoms. The normalized spacial score (nSPS) is 25.4. The summed E-state index contributed by atoms with van der Waals surface area (Å²) in [6.07, 6.45) is 41.4. The third kappa shape index (κ3) is 32.6. The quantitative estimate of drug-likeness (QED) is 0.0204. The van der Waals surface area contributed by atoms with E-state index < -0.39 is 86.8 Å². The summed E-state index contributed by atoms with van der Waals surface area (Å²) in [7, 11) is 0. The highest BCUT2D eigenvalue weighted by Crippen LogP contribution is 2.30. The van der Waals surface area contributed by atoms with Gasteiger partial charge in [0.2, 0.25) is 5.91 Å². The third-order valence-corrected chi connectivity index (χ3v) is 14.7. The van der Waals surface area contributed by atoms with E-state index in [1.807, 2.05) is 6.08 Å². The SMILES string of the molecule is CCCCCCC/C=C\C/C=C\CCCCCCCCCCCC(=O)NC(COC1OC(CO)C(OC2OC(CO)C(O)C(O)C2O)C(O)C1O)C(O)/C=C/CC/C=C/CCCCCCCCCCCCCCCC. The van der Waals surface area contributed by atoms with Crippen molar-refractivity contribution < 1.29 is 64.6 Å². The van der Waals surface area contributed by atoms with E-state index in [0.29, 0.717) is 12.8 Å². The summed E-state index contributed by atoms with van der Waals surface area (Å²) in [5.41, 5.74) is 0. The van der Waals surface area contributed by atoms with Crippen LogP contribution in [0.15, 0.2) is 48.6 Å². The van der Waals surface area contributed by atoms with Crippen LogP contribution >= 0.6 is 0 Å². The summed E-state index contributed by atoms with van der Waals surface area (Å²) in [5, 5.41) is 87.1. The van der Waals surface area contributed by atoms with E-state index in [9.17, 15) is 45.6 Å². The first kappa shape index (κ1) is 69.1. The Balaban J connectivity index is 1.78. The number of carbonyl (C=O) groups is 1. The Bertz CT molecular complexity index is 1440. The zero-order valence-corrected chi connectivity index (χ0v) is 47.0. The van der Waals surface area contributed by atoms with Crippen LogP contribution in [0, 0.1) is 0 Å². The van der Waals surface area contributed by atoms with E-state index in [4.69, 9.17) is 18.9 Å². The van der Waals surface area contributed by atoms with E-state index >= 15 is 0 Å². The van der Waals surface area contributed by atoms with E-state index in [1.165, 1.54) is 161 Å². The molecule has 2 rings (SSSR count). The van der Waals surface area contributed by atoms with Gasteiger partial charge in [0.1, 0.15) is 48.8 Å². The van der Waals surface area contributed by atoms with Crippen LogP contribution in [0.2, 0.25) is 0 Å². The van der Waals surface area contributed by atoms with Crippen LogP contribution in [-0.4, -0.2) is 140 Å². The number of aliphatic hydroxyl groups excluding tert-OH is 8. The van der Waals surface area contributed by atoms with Gasteiger partial charge in [-0.25, -0.2) is 0 Å². The fraction of sp³-hybridized carbons (Fsp3) is 0.852. The van der Waals surface area contributed by atoms with Gasteiger partial charge in [-0.3, -0.25) is 4.79 Å². The summed E-state index contributed by atoms with van der Waals surface area (Å²) in [4.78, 5) is 13.3. The van der Waals surface area contributed by atoms with Crippen LogP contribution in [0.3, 0.4) is 0 Å². The van der Waals surface area contributed by atoms with Gasteiger partial charge in [-0.1, -0.05) is 217 Å². The summed E-state index contributed by atoms with van der Waals surface area (Å²) in [6, 6.07) is -0.935. The Labute approximate surface area is 454 Å². The Hall–Kier alpha value is -2.05. The zero-order valence-electron chi connectivity index (χ0n) is 47.0. The first-order chi connectivity index (χ1) is 36.6. The van der Waals surface area contributed by atoms with E-state index in [-0.39, 0.29) is 18.9 Å². The maximum atomic E-state index is 13.3. The van der Waals surface area contributed by atoms with E-state index in [1.54, 1.807) is 6.08 Å². The topological polar surface area (TPSA) is 228 Å². The minimum atomic E-state index is -1.79. The Morgan fingerprint density at radius 2 is 0.893 bits per heavy atom. The van der Waals surface area contributed by atoms with Crippen LogP contribution in [0.5, 0.6) is 0 Å². The van der Waals surface area contributed by atoms with Crippen LogP contribution in [0.25, 0.3) is 0 Å². The minimum absolute atomic E-state index is 0.253. The highest BCUT2D eigenvalue weighted by atomic mass is 16.7. The number of hydrogen-bond donors (Lipinski definition) is 9. The molecule has 14 nitrogen and oxygen atoms in total. The van der Waals surface area contributed by atoms with Gasteiger partial charge >= 0.3 is 0 Å². The first-order valence-electron chi connectivity index (χ1n) is 30.4. The van der Waals surface area contributed by atoms with Crippen LogP contribution in [0.4, 0.5) is 0 Å². The molecule has 0 aromatic heterocycles. The molecule has 1 amide bonds. The van der Waals surface area contributed by atoms with Crippen molar-refractivity contribution in [2.45, 2.75) is 312 Å². The number of carbonyl (C=O) groups excluding carboxylic acids is 1. The molecule has 12 atom stereocenters. The average Bonchev–Trinajstić information content (AvgIpc) is 3.41. The lowest BCUT2D eigenvalue weighted by Crippen LogP contribution is -2.65. The smallest absolute Gasteiger partial charge is 0.220 e. The first-order valence-corrected chi connectivity index (χ1v) is 30.4. The number of allylic oxidation sites excluding steroid dienone is 7. The molecule has 2 fully saturated rings. The van der Waals surface area contributed by atoms with Crippen molar-refractivity contribution in [1.29, 1.82) is 0 Å². The second kappa shape index (κ2) is 46.8. The molecule has 9 N–H and O–H groups in total. The summed E-state index contributed by atoms with van der Waals surface area (Å²) in [5.74, 6) is -0.253. The molecule has 12 unspecified atom stereocenters. The average molecular weight is 1070 g/mol. The van der Waals surface area contributed by atoms with Gasteiger partial charge in [-0.15, -0.1) is 0 Å². The van der Waals surface area contributed by atoms with Gasteiger partial charge in [0.05, 0.1) is 32.0 Å². The van der Waals surface area contributed by atoms with Crippen molar-refractivity contribution in [2.75, 3.05) is 19.8 Å². The van der Waals surface area contributed by atoms with Gasteiger partial charge in [0.15, 0.2) is 12.6 Å². The highest BCUT2D eigenvalue weighted by molar-refractivity contribution is 5.76. The lowest BCUT2D eigenvalue weighted by molar-refractivity contribution is -0.359. The molecule has 0 aliphatic carbocycles. The van der Waals surface area contributed by atoms with E-state index in [2.05, 4.69) is 55.6 Å². The van der Waals surface area contributed by atoms with Crippen molar-refractivity contribution in [1.82, 2.24) is 5.32 Å². The number of amides is 1. The van der Waals surface area contributed by atoms with Crippen molar-refractivity contribution in [3.05, 3.63) is 48.6 Å². The van der Waals surface area contributed by atoms with Crippen LogP contribution in [-0.2, 0) is 23.7 Å². The Morgan fingerprint density at radius 1 is 0.480 bits per heavy atom. The number of rotatable bonds is 48. The number of hydrogen-bond acceptors (Lipinski definition) is 13. The molecule has 0 radical (unpaired) electrons. The molecule has 2 aliphatic rings. The maximum absolute atomic E-state index is 13.3. The fourth-order valence-electron chi connectivity index (χ4n) is 9.81. The lowest BCUT2D eigenvalue weighted by atomic mass is 9.97. The molecule has 0 aromatic rings. The number of ether oxygens (including phenoxy) is 4. The fourth-order valence-corrected chi connectivity index (χ4v) is 9.81. The third-order valence-electron chi connectivity index (χ3n) is 14.7. The molecule has 438 valence electrons. The highest BCUT2D eigenvalue weighted by Gasteiger charge is 2.51. The second-order valence-electron chi connectivity index (χ2n) is 21.5. The number of aliphatic hydroxyl groups is 8.